The van der Waals surface area contributed by atoms with Crippen molar-refractivity contribution in [3.8, 4) is 11.5 Å². The highest BCUT2D eigenvalue weighted by Crippen LogP contribution is 2.34. The van der Waals surface area contributed by atoms with Crippen LogP contribution in [0.5, 0.6) is 11.5 Å². The summed E-state index contributed by atoms with van der Waals surface area (Å²) in [4.78, 5) is 14.8. The van der Waals surface area contributed by atoms with Crippen molar-refractivity contribution in [1.82, 2.24) is 4.90 Å². The number of carbonyl (C=O) groups excluding carboxylic acids is 1. The van der Waals surface area contributed by atoms with Crippen LogP contribution < -0.4 is 9.47 Å². The Balaban J connectivity index is 1.58. The molecule has 0 aromatic heterocycles. The van der Waals surface area contributed by atoms with Crippen LogP contribution in [0, 0.1) is 0 Å². The number of benzene rings is 1. The van der Waals surface area contributed by atoms with E-state index in [2.05, 4.69) is 0 Å². The van der Waals surface area contributed by atoms with Gasteiger partial charge in [-0.25, -0.2) is 0 Å². The third kappa shape index (κ3) is 2.25. The minimum absolute atomic E-state index is 0.0773. The highest BCUT2D eigenvalue weighted by Gasteiger charge is 2.37. The van der Waals surface area contributed by atoms with E-state index in [0.717, 1.165) is 12.8 Å². The van der Waals surface area contributed by atoms with Gasteiger partial charge in [-0.2, -0.15) is 0 Å². The van der Waals surface area contributed by atoms with E-state index < -0.39 is 0 Å². The normalized spacial score (nSPS) is 27.3. The number of amides is 1. The molecule has 2 aliphatic heterocycles. The fourth-order valence-electron chi connectivity index (χ4n) is 3.54. The second-order valence-corrected chi connectivity index (χ2v) is 5.83. The fourth-order valence-corrected chi connectivity index (χ4v) is 3.54. The number of nitrogens with zero attached hydrogens (tertiary/aromatic N) is 1. The number of hydrogen-bond acceptors (Lipinski definition) is 4. The standard InChI is InChI=1S/C16H19NO4/c18-16(11-5-6-14-15(9-11)21-10-20-14)17-7-8-19-13-4-2-1-3-12(13)17/h5-6,9,12-13H,1-4,7-8,10H2. The van der Waals surface area contributed by atoms with Gasteiger partial charge in [-0.1, -0.05) is 12.8 Å². The molecular formula is C16H19NO4. The van der Waals surface area contributed by atoms with Gasteiger partial charge < -0.3 is 19.1 Å². The van der Waals surface area contributed by atoms with Crippen LogP contribution in [0.1, 0.15) is 36.0 Å². The zero-order valence-corrected chi connectivity index (χ0v) is 11.9. The molecule has 1 aromatic rings. The van der Waals surface area contributed by atoms with E-state index in [9.17, 15) is 4.79 Å². The molecule has 0 spiro atoms. The average molecular weight is 289 g/mol. The van der Waals surface area contributed by atoms with Crippen LogP contribution in [0.25, 0.3) is 0 Å². The molecule has 0 bridgehead atoms. The van der Waals surface area contributed by atoms with Crippen molar-refractivity contribution >= 4 is 5.91 Å². The van der Waals surface area contributed by atoms with Crippen molar-refractivity contribution in [3.63, 3.8) is 0 Å². The number of morpholine rings is 1. The zero-order chi connectivity index (χ0) is 14.2. The van der Waals surface area contributed by atoms with E-state index >= 15 is 0 Å². The van der Waals surface area contributed by atoms with Gasteiger partial charge in [0.05, 0.1) is 18.8 Å². The molecule has 112 valence electrons. The predicted octanol–water partition coefficient (Wildman–Crippen LogP) is 2.20. The SMILES string of the molecule is O=C(c1ccc2c(c1)OCO2)N1CCOC2CCCCC21. The summed E-state index contributed by atoms with van der Waals surface area (Å²) in [6, 6.07) is 5.65. The molecule has 2 fully saturated rings. The van der Waals surface area contributed by atoms with Gasteiger partial charge in [0.15, 0.2) is 11.5 Å². The molecule has 5 nitrogen and oxygen atoms in total. The number of fused-ring (bicyclic) bond motifs is 2. The molecule has 1 saturated carbocycles. The summed E-state index contributed by atoms with van der Waals surface area (Å²) in [7, 11) is 0. The molecule has 2 unspecified atom stereocenters. The topological polar surface area (TPSA) is 48.0 Å². The van der Waals surface area contributed by atoms with Crippen LogP contribution >= 0.6 is 0 Å². The monoisotopic (exact) mass is 289 g/mol. The van der Waals surface area contributed by atoms with E-state index in [1.807, 2.05) is 17.0 Å². The van der Waals surface area contributed by atoms with Gasteiger partial charge in [0, 0.05) is 12.1 Å². The van der Waals surface area contributed by atoms with Gasteiger partial charge in [0.25, 0.3) is 5.91 Å². The number of hydrogen-bond donors (Lipinski definition) is 0. The molecule has 3 aliphatic rings. The molecule has 5 heteroatoms. The first-order chi connectivity index (χ1) is 10.3. The van der Waals surface area contributed by atoms with E-state index in [0.29, 0.717) is 30.2 Å². The largest absolute Gasteiger partial charge is 0.454 e. The van der Waals surface area contributed by atoms with Crippen molar-refractivity contribution < 1.29 is 19.0 Å². The highest BCUT2D eigenvalue weighted by molar-refractivity contribution is 5.95. The molecule has 1 aromatic carbocycles. The van der Waals surface area contributed by atoms with Gasteiger partial charge >= 0.3 is 0 Å². The molecule has 4 rings (SSSR count). The van der Waals surface area contributed by atoms with Gasteiger partial charge in [0.2, 0.25) is 6.79 Å². The van der Waals surface area contributed by atoms with Crippen LogP contribution in [0.15, 0.2) is 18.2 Å². The maximum absolute atomic E-state index is 12.8. The van der Waals surface area contributed by atoms with Crippen molar-refractivity contribution in [1.29, 1.82) is 0 Å². The molecular weight excluding hydrogens is 270 g/mol. The average Bonchev–Trinajstić information content (AvgIpc) is 3.01. The molecule has 0 radical (unpaired) electrons. The second-order valence-electron chi connectivity index (χ2n) is 5.83. The predicted molar refractivity (Wildman–Crippen MR) is 75.6 cm³/mol. The summed E-state index contributed by atoms with van der Waals surface area (Å²) in [6.45, 7) is 1.54. The Morgan fingerprint density at radius 3 is 2.95 bits per heavy atom. The Morgan fingerprint density at radius 1 is 1.14 bits per heavy atom. The van der Waals surface area contributed by atoms with Crippen LogP contribution in [0.2, 0.25) is 0 Å². The molecule has 1 amide bonds. The minimum atomic E-state index is 0.0773. The number of carbonyl (C=O) groups is 1. The lowest BCUT2D eigenvalue weighted by atomic mass is 9.89. The highest BCUT2D eigenvalue weighted by atomic mass is 16.7. The zero-order valence-electron chi connectivity index (χ0n) is 11.9. The number of rotatable bonds is 1. The van der Waals surface area contributed by atoms with Crippen LogP contribution in [-0.2, 0) is 4.74 Å². The third-order valence-corrected chi connectivity index (χ3v) is 4.61. The Kier molecular flexibility index (Phi) is 3.22. The quantitative estimate of drug-likeness (QED) is 0.795. The van der Waals surface area contributed by atoms with Gasteiger partial charge in [-0.15, -0.1) is 0 Å². The van der Waals surface area contributed by atoms with Gasteiger partial charge in [-0.3, -0.25) is 4.79 Å². The first-order valence-electron chi connectivity index (χ1n) is 7.65. The first-order valence-corrected chi connectivity index (χ1v) is 7.65. The summed E-state index contributed by atoms with van der Waals surface area (Å²) in [5, 5.41) is 0. The lowest BCUT2D eigenvalue weighted by molar-refractivity contribution is -0.0752. The van der Waals surface area contributed by atoms with Gasteiger partial charge in [0.1, 0.15) is 0 Å². The Hall–Kier alpha value is -1.75. The summed E-state index contributed by atoms with van der Waals surface area (Å²) < 4.78 is 16.5. The van der Waals surface area contributed by atoms with Crippen LogP contribution in [0.4, 0.5) is 0 Å². The Morgan fingerprint density at radius 2 is 2.00 bits per heavy atom. The first kappa shape index (κ1) is 13.0. The summed E-state index contributed by atoms with van der Waals surface area (Å²) in [5.74, 6) is 1.45. The molecule has 2 atom stereocenters. The van der Waals surface area contributed by atoms with E-state index in [-0.39, 0.29) is 24.8 Å². The smallest absolute Gasteiger partial charge is 0.254 e. The Bertz CT molecular complexity index is 557. The van der Waals surface area contributed by atoms with Crippen molar-refractivity contribution in [3.05, 3.63) is 23.8 Å². The molecule has 0 N–H and O–H groups in total. The summed E-state index contributed by atoms with van der Waals surface area (Å²) >= 11 is 0. The second kappa shape index (κ2) is 5.22. The van der Waals surface area contributed by atoms with Crippen molar-refractivity contribution in [2.45, 2.75) is 37.8 Å². The van der Waals surface area contributed by atoms with Crippen molar-refractivity contribution in [2.75, 3.05) is 19.9 Å². The van der Waals surface area contributed by atoms with E-state index in [1.54, 1.807) is 6.07 Å². The van der Waals surface area contributed by atoms with Crippen LogP contribution in [-0.4, -0.2) is 42.9 Å². The lowest BCUT2D eigenvalue weighted by Gasteiger charge is -2.43. The molecule has 21 heavy (non-hydrogen) atoms. The fraction of sp³-hybridized carbons (Fsp3) is 0.562. The summed E-state index contributed by atoms with van der Waals surface area (Å²) in [6.07, 6.45) is 4.70. The van der Waals surface area contributed by atoms with Gasteiger partial charge in [-0.05, 0) is 31.0 Å². The maximum Gasteiger partial charge on any atom is 0.254 e. The lowest BCUT2D eigenvalue weighted by Crippen LogP contribution is -2.54. The van der Waals surface area contributed by atoms with E-state index in [4.69, 9.17) is 14.2 Å². The number of ether oxygens (including phenoxy) is 3. The van der Waals surface area contributed by atoms with E-state index in [1.165, 1.54) is 12.8 Å². The molecule has 1 aliphatic carbocycles. The van der Waals surface area contributed by atoms with Crippen molar-refractivity contribution in [2.24, 2.45) is 0 Å². The summed E-state index contributed by atoms with van der Waals surface area (Å²) in [5.41, 5.74) is 0.672. The third-order valence-electron chi connectivity index (χ3n) is 4.61. The molecule has 1 saturated heterocycles. The maximum atomic E-state index is 12.8. The Labute approximate surface area is 123 Å². The van der Waals surface area contributed by atoms with Crippen LogP contribution in [0.3, 0.4) is 0 Å². The minimum Gasteiger partial charge on any atom is -0.454 e. The molecule has 2 heterocycles.